The molecule has 0 radical (unpaired) electrons. The Bertz CT molecular complexity index is 1280. The second kappa shape index (κ2) is 11.8. The van der Waals surface area contributed by atoms with E-state index < -0.39 is 17.7 Å². The van der Waals surface area contributed by atoms with Crippen LogP contribution in [0.4, 0.5) is 5.69 Å². The maximum Gasteiger partial charge on any atom is 0.300 e. The van der Waals surface area contributed by atoms with E-state index in [1.807, 2.05) is 62.4 Å². The second-order valence-electron chi connectivity index (χ2n) is 9.04. The summed E-state index contributed by atoms with van der Waals surface area (Å²) in [5.41, 5.74) is 2.67. The van der Waals surface area contributed by atoms with Gasteiger partial charge < -0.3 is 14.6 Å². The van der Waals surface area contributed by atoms with Crippen molar-refractivity contribution in [2.24, 2.45) is 0 Å². The van der Waals surface area contributed by atoms with Crippen LogP contribution in [0.5, 0.6) is 11.5 Å². The molecule has 6 heteroatoms. The van der Waals surface area contributed by atoms with Crippen molar-refractivity contribution in [3.05, 3.63) is 95.1 Å². The predicted octanol–water partition coefficient (Wildman–Crippen LogP) is 6.59. The molecule has 1 amide bonds. The molecule has 1 aliphatic heterocycles. The zero-order valence-electron chi connectivity index (χ0n) is 21.6. The van der Waals surface area contributed by atoms with E-state index in [-0.39, 0.29) is 11.3 Å². The fourth-order valence-corrected chi connectivity index (χ4v) is 4.55. The smallest absolute Gasteiger partial charge is 0.300 e. The van der Waals surface area contributed by atoms with Crippen molar-refractivity contribution < 1.29 is 24.2 Å². The Kier molecular flexibility index (Phi) is 8.29. The number of carbonyl (C=O) groups is 2. The van der Waals surface area contributed by atoms with Gasteiger partial charge in [0.15, 0.2) is 0 Å². The van der Waals surface area contributed by atoms with Crippen molar-refractivity contribution in [1.29, 1.82) is 0 Å². The van der Waals surface area contributed by atoms with E-state index in [0.717, 1.165) is 24.8 Å². The highest BCUT2D eigenvalue weighted by Gasteiger charge is 2.47. The Morgan fingerprint density at radius 1 is 0.865 bits per heavy atom. The Labute approximate surface area is 218 Å². The van der Waals surface area contributed by atoms with Crippen LogP contribution in [0.2, 0.25) is 0 Å². The summed E-state index contributed by atoms with van der Waals surface area (Å²) in [4.78, 5) is 28.2. The molecule has 1 aliphatic rings. The summed E-state index contributed by atoms with van der Waals surface area (Å²) in [6.45, 7) is 7.09. The van der Waals surface area contributed by atoms with Crippen LogP contribution in [0.15, 0.2) is 78.4 Å². The lowest BCUT2D eigenvalue weighted by molar-refractivity contribution is -0.132. The number of ketones is 1. The van der Waals surface area contributed by atoms with Gasteiger partial charge in [-0.3, -0.25) is 14.5 Å². The molecule has 37 heavy (non-hydrogen) atoms. The summed E-state index contributed by atoms with van der Waals surface area (Å²) in [6.07, 6.45) is 3.19. The highest BCUT2D eigenvalue weighted by atomic mass is 16.5. The average molecular weight is 500 g/mol. The van der Waals surface area contributed by atoms with Crippen LogP contribution < -0.4 is 14.4 Å². The molecule has 6 nitrogen and oxygen atoms in total. The Balaban J connectivity index is 1.76. The summed E-state index contributed by atoms with van der Waals surface area (Å²) in [6, 6.07) is 20.8. The van der Waals surface area contributed by atoms with Crippen LogP contribution in [0.1, 0.15) is 55.8 Å². The highest BCUT2D eigenvalue weighted by Crippen LogP contribution is 2.43. The molecule has 1 atom stereocenters. The molecular formula is C31H33NO5. The molecule has 1 heterocycles. The maximum atomic E-state index is 13.4. The van der Waals surface area contributed by atoms with E-state index in [1.165, 1.54) is 4.90 Å². The van der Waals surface area contributed by atoms with Crippen LogP contribution in [0.25, 0.3) is 5.76 Å². The maximum absolute atomic E-state index is 13.4. The summed E-state index contributed by atoms with van der Waals surface area (Å²) in [5.74, 6) is -0.235. The van der Waals surface area contributed by atoms with Gasteiger partial charge in [-0.25, -0.2) is 0 Å². The number of ether oxygens (including phenoxy) is 2. The molecule has 3 aromatic carbocycles. The van der Waals surface area contributed by atoms with E-state index in [2.05, 4.69) is 6.92 Å². The van der Waals surface area contributed by atoms with E-state index >= 15 is 0 Å². The number of nitrogens with zero attached hydrogens (tertiary/aromatic N) is 1. The summed E-state index contributed by atoms with van der Waals surface area (Å²) < 4.78 is 11.3. The molecule has 0 spiro atoms. The number of Topliss-reactive ketones (excluding diaryl/α,β-unsaturated/α-hetero) is 1. The Hall–Kier alpha value is -4.06. The fourth-order valence-electron chi connectivity index (χ4n) is 4.55. The summed E-state index contributed by atoms with van der Waals surface area (Å²) in [5, 5.41) is 11.4. The molecule has 1 fully saturated rings. The topological polar surface area (TPSA) is 76.1 Å². The number of rotatable bonds is 10. The number of aryl methyl sites for hydroxylation is 1. The molecule has 0 bridgehead atoms. The SMILES string of the molecule is CCCCCOc1ccc(/C(O)=C2\C(=O)C(=O)N(c3ccccc3C)C2c2ccc(OCC)cc2)cc1. The molecule has 0 saturated carbocycles. The minimum atomic E-state index is -0.790. The lowest BCUT2D eigenvalue weighted by atomic mass is 9.95. The lowest BCUT2D eigenvalue weighted by Gasteiger charge is -2.27. The third-order valence-electron chi connectivity index (χ3n) is 6.47. The van der Waals surface area contributed by atoms with Crippen molar-refractivity contribution in [3.8, 4) is 11.5 Å². The van der Waals surface area contributed by atoms with Crippen LogP contribution >= 0.6 is 0 Å². The van der Waals surface area contributed by atoms with Gasteiger partial charge >= 0.3 is 0 Å². The van der Waals surface area contributed by atoms with E-state index in [1.54, 1.807) is 24.3 Å². The van der Waals surface area contributed by atoms with Gasteiger partial charge in [0.2, 0.25) is 0 Å². The molecule has 1 saturated heterocycles. The van der Waals surface area contributed by atoms with Crippen LogP contribution in [-0.4, -0.2) is 30.0 Å². The minimum absolute atomic E-state index is 0.0500. The predicted molar refractivity (Wildman–Crippen MR) is 145 cm³/mol. The fraction of sp³-hybridized carbons (Fsp3) is 0.290. The second-order valence-corrected chi connectivity index (χ2v) is 9.04. The molecule has 0 aromatic heterocycles. The third kappa shape index (κ3) is 5.53. The van der Waals surface area contributed by atoms with Crippen LogP contribution in [-0.2, 0) is 9.59 Å². The number of para-hydroxylation sites is 1. The molecule has 1 unspecified atom stereocenters. The molecule has 3 aromatic rings. The number of hydrogen-bond donors (Lipinski definition) is 1. The van der Waals surface area contributed by atoms with Gasteiger partial charge in [-0.1, -0.05) is 50.1 Å². The zero-order chi connectivity index (χ0) is 26.4. The monoisotopic (exact) mass is 499 g/mol. The normalized spacial score (nSPS) is 16.7. The van der Waals surface area contributed by atoms with Gasteiger partial charge in [-0.05, 0) is 73.9 Å². The van der Waals surface area contributed by atoms with E-state index in [9.17, 15) is 14.7 Å². The first kappa shape index (κ1) is 26.0. The number of aliphatic hydroxyl groups is 1. The quantitative estimate of drug-likeness (QED) is 0.147. The van der Waals surface area contributed by atoms with Crippen molar-refractivity contribution in [1.82, 2.24) is 0 Å². The summed E-state index contributed by atoms with van der Waals surface area (Å²) in [7, 11) is 0. The first-order chi connectivity index (χ1) is 18.0. The van der Waals surface area contributed by atoms with E-state index in [0.29, 0.717) is 41.5 Å². The molecule has 0 aliphatic carbocycles. The first-order valence-electron chi connectivity index (χ1n) is 12.8. The van der Waals surface area contributed by atoms with Gasteiger partial charge in [0.25, 0.3) is 11.7 Å². The largest absolute Gasteiger partial charge is 0.507 e. The van der Waals surface area contributed by atoms with Crippen molar-refractivity contribution >= 4 is 23.1 Å². The van der Waals surface area contributed by atoms with Gasteiger partial charge in [0, 0.05) is 11.3 Å². The minimum Gasteiger partial charge on any atom is -0.507 e. The van der Waals surface area contributed by atoms with Crippen LogP contribution in [0, 0.1) is 6.92 Å². The number of benzene rings is 3. The molecule has 192 valence electrons. The van der Waals surface area contributed by atoms with Crippen molar-refractivity contribution in [2.45, 2.75) is 46.1 Å². The van der Waals surface area contributed by atoms with Crippen molar-refractivity contribution in [3.63, 3.8) is 0 Å². The van der Waals surface area contributed by atoms with Gasteiger partial charge in [0.1, 0.15) is 17.3 Å². The number of unbranched alkanes of at least 4 members (excludes halogenated alkanes) is 2. The number of aliphatic hydroxyl groups excluding tert-OH is 1. The standard InChI is InChI=1S/C31H33NO5/c1-4-6-9-20-37-25-18-14-23(15-19-25)29(33)27-28(22-12-16-24(17-13-22)36-5-2)32(31(35)30(27)34)26-11-8-7-10-21(26)3/h7-8,10-19,28,33H,4-6,9,20H2,1-3H3/b29-27+. The zero-order valence-corrected chi connectivity index (χ0v) is 21.6. The van der Waals surface area contributed by atoms with Crippen LogP contribution in [0.3, 0.4) is 0 Å². The number of carbonyl (C=O) groups excluding carboxylic acids is 2. The molecule has 1 N–H and O–H groups in total. The third-order valence-corrected chi connectivity index (χ3v) is 6.47. The Morgan fingerprint density at radius 3 is 2.16 bits per heavy atom. The molecule has 4 rings (SSSR count). The van der Waals surface area contributed by atoms with Gasteiger partial charge in [-0.15, -0.1) is 0 Å². The molecular weight excluding hydrogens is 466 g/mol. The van der Waals surface area contributed by atoms with Gasteiger partial charge in [-0.2, -0.15) is 0 Å². The Morgan fingerprint density at radius 2 is 1.51 bits per heavy atom. The highest BCUT2D eigenvalue weighted by molar-refractivity contribution is 6.51. The number of hydrogen-bond acceptors (Lipinski definition) is 5. The number of anilines is 1. The first-order valence-corrected chi connectivity index (χ1v) is 12.8. The average Bonchev–Trinajstić information content (AvgIpc) is 3.17. The van der Waals surface area contributed by atoms with Crippen molar-refractivity contribution in [2.75, 3.05) is 18.1 Å². The summed E-state index contributed by atoms with van der Waals surface area (Å²) >= 11 is 0. The van der Waals surface area contributed by atoms with Gasteiger partial charge in [0.05, 0.1) is 24.8 Å². The lowest BCUT2D eigenvalue weighted by Crippen LogP contribution is -2.30. The van der Waals surface area contributed by atoms with E-state index in [4.69, 9.17) is 9.47 Å². The number of amides is 1.